The van der Waals surface area contributed by atoms with Crippen LogP contribution < -0.4 is 9.64 Å². The second kappa shape index (κ2) is 13.6. The molecule has 0 bridgehead atoms. The lowest BCUT2D eigenvalue weighted by molar-refractivity contribution is -0.140. The zero-order valence-corrected chi connectivity index (χ0v) is 25.1. The van der Waals surface area contributed by atoms with Gasteiger partial charge in [-0.05, 0) is 56.2 Å². The normalized spacial score (nSPS) is 17.2. The summed E-state index contributed by atoms with van der Waals surface area (Å²) in [6.45, 7) is 9.28. The van der Waals surface area contributed by atoms with Gasteiger partial charge in [0.15, 0.2) is 0 Å². The van der Waals surface area contributed by atoms with Crippen LogP contribution in [0.1, 0.15) is 54.6 Å². The van der Waals surface area contributed by atoms with Gasteiger partial charge < -0.3 is 24.2 Å². The molecule has 0 aliphatic carbocycles. The van der Waals surface area contributed by atoms with Crippen LogP contribution in [0.15, 0.2) is 90.1 Å². The fourth-order valence-corrected chi connectivity index (χ4v) is 5.96. The number of ether oxygens (including phenoxy) is 2. The lowest BCUT2D eigenvalue weighted by atomic mass is 9.83. The quantitative estimate of drug-likeness (QED) is 0.315. The highest BCUT2D eigenvalue weighted by molar-refractivity contribution is 5.96. The fraction of sp³-hybridized carbons (Fsp3) is 0.343. The molecular weight excluding hydrogens is 542 g/mol. The van der Waals surface area contributed by atoms with Gasteiger partial charge in [0.1, 0.15) is 5.75 Å². The van der Waals surface area contributed by atoms with Gasteiger partial charge >= 0.3 is 5.97 Å². The predicted octanol–water partition coefficient (Wildman–Crippen LogP) is 5.40. The number of carbonyl (C=O) groups is 3. The third-order valence-corrected chi connectivity index (χ3v) is 8.11. The van der Waals surface area contributed by atoms with Crippen molar-refractivity contribution in [2.45, 2.75) is 39.7 Å². The SMILES string of the molecule is CCOC(=O)C1=C(C)N(Cc2cccc(C(=O)N3CCN(c4ccccc4OCC)CC3)c2)C(=O)CC1c1ccccc1. The molecule has 224 valence electrons. The molecular formula is C35H39N3O5. The highest BCUT2D eigenvalue weighted by Gasteiger charge is 2.37. The van der Waals surface area contributed by atoms with E-state index in [1.807, 2.05) is 84.6 Å². The van der Waals surface area contributed by atoms with Crippen molar-refractivity contribution >= 4 is 23.5 Å². The van der Waals surface area contributed by atoms with Gasteiger partial charge in [-0.15, -0.1) is 0 Å². The minimum absolute atomic E-state index is 0.0341. The van der Waals surface area contributed by atoms with Crippen molar-refractivity contribution in [1.82, 2.24) is 9.80 Å². The van der Waals surface area contributed by atoms with Gasteiger partial charge in [0, 0.05) is 49.8 Å². The first-order valence-electron chi connectivity index (χ1n) is 15.0. The van der Waals surface area contributed by atoms with Gasteiger partial charge in [-0.25, -0.2) is 4.79 Å². The number of benzene rings is 3. The number of esters is 1. The first-order chi connectivity index (χ1) is 20.9. The van der Waals surface area contributed by atoms with Crippen LogP contribution in [0.3, 0.4) is 0 Å². The number of amides is 2. The van der Waals surface area contributed by atoms with E-state index >= 15 is 0 Å². The van der Waals surface area contributed by atoms with Crippen LogP contribution >= 0.6 is 0 Å². The van der Waals surface area contributed by atoms with Crippen LogP contribution in [0.2, 0.25) is 0 Å². The average Bonchev–Trinajstić information content (AvgIpc) is 3.03. The fourth-order valence-electron chi connectivity index (χ4n) is 5.96. The van der Waals surface area contributed by atoms with Crippen molar-refractivity contribution in [2.75, 3.05) is 44.3 Å². The van der Waals surface area contributed by atoms with E-state index in [-0.39, 0.29) is 37.3 Å². The van der Waals surface area contributed by atoms with Crippen molar-refractivity contribution in [3.63, 3.8) is 0 Å². The molecule has 0 radical (unpaired) electrons. The molecule has 0 spiro atoms. The van der Waals surface area contributed by atoms with Crippen molar-refractivity contribution in [1.29, 1.82) is 0 Å². The van der Waals surface area contributed by atoms with Crippen molar-refractivity contribution in [2.24, 2.45) is 0 Å². The molecule has 0 saturated carbocycles. The summed E-state index contributed by atoms with van der Waals surface area (Å²) in [7, 11) is 0. The first kappa shape index (κ1) is 29.9. The van der Waals surface area contributed by atoms with Crippen LogP contribution in [0.4, 0.5) is 5.69 Å². The largest absolute Gasteiger partial charge is 0.492 e. The lowest BCUT2D eigenvalue weighted by Gasteiger charge is -2.37. The maximum atomic E-state index is 13.5. The van der Waals surface area contributed by atoms with Gasteiger partial charge in [0.2, 0.25) is 5.91 Å². The minimum Gasteiger partial charge on any atom is -0.492 e. The number of hydrogen-bond acceptors (Lipinski definition) is 6. The van der Waals surface area contributed by atoms with E-state index in [0.29, 0.717) is 49.6 Å². The Morgan fingerprint density at radius 1 is 0.860 bits per heavy atom. The highest BCUT2D eigenvalue weighted by Crippen LogP contribution is 2.37. The van der Waals surface area contributed by atoms with Crippen LogP contribution in [-0.2, 0) is 20.9 Å². The van der Waals surface area contributed by atoms with E-state index in [0.717, 1.165) is 22.6 Å². The number of carbonyl (C=O) groups excluding carboxylic acids is 3. The summed E-state index contributed by atoms with van der Waals surface area (Å²) in [5, 5.41) is 0. The summed E-state index contributed by atoms with van der Waals surface area (Å²) in [5.41, 5.74) is 4.45. The summed E-state index contributed by atoms with van der Waals surface area (Å²) in [4.78, 5) is 45.9. The topological polar surface area (TPSA) is 79.4 Å². The highest BCUT2D eigenvalue weighted by atomic mass is 16.5. The molecule has 1 saturated heterocycles. The number of piperazine rings is 1. The Morgan fingerprint density at radius 3 is 2.30 bits per heavy atom. The summed E-state index contributed by atoms with van der Waals surface area (Å²) in [5.74, 6) is -0.0163. The molecule has 2 aliphatic heterocycles. The maximum absolute atomic E-state index is 13.5. The third-order valence-electron chi connectivity index (χ3n) is 8.11. The Morgan fingerprint density at radius 2 is 1.58 bits per heavy atom. The molecule has 1 fully saturated rings. The molecule has 0 N–H and O–H groups in total. The molecule has 2 aliphatic rings. The molecule has 2 amide bonds. The van der Waals surface area contributed by atoms with E-state index in [9.17, 15) is 14.4 Å². The lowest BCUT2D eigenvalue weighted by Crippen LogP contribution is -2.48. The van der Waals surface area contributed by atoms with Crippen molar-refractivity contribution < 1.29 is 23.9 Å². The molecule has 3 aromatic carbocycles. The standard InChI is InChI=1S/C35H39N3O5/c1-4-42-31-17-10-9-16-30(31)36-18-20-37(21-19-36)34(40)28-15-11-12-26(22-28)24-38-25(3)33(35(41)43-5-2)29(23-32(38)39)27-13-7-6-8-14-27/h6-17,22,29H,4-5,18-21,23-24H2,1-3H3. The molecule has 8 heteroatoms. The van der Waals surface area contributed by atoms with E-state index < -0.39 is 5.97 Å². The first-order valence-corrected chi connectivity index (χ1v) is 15.0. The van der Waals surface area contributed by atoms with E-state index in [1.54, 1.807) is 18.7 Å². The number of allylic oxidation sites excluding steroid dienone is 1. The second-order valence-electron chi connectivity index (χ2n) is 10.7. The van der Waals surface area contributed by atoms with E-state index in [1.165, 1.54) is 0 Å². The number of anilines is 1. The third kappa shape index (κ3) is 6.58. The number of para-hydroxylation sites is 2. The van der Waals surface area contributed by atoms with Gasteiger partial charge in [-0.1, -0.05) is 54.6 Å². The molecule has 43 heavy (non-hydrogen) atoms. The molecule has 2 heterocycles. The van der Waals surface area contributed by atoms with E-state index in [2.05, 4.69) is 11.0 Å². The van der Waals surface area contributed by atoms with Crippen LogP contribution in [0.25, 0.3) is 0 Å². The minimum atomic E-state index is -0.404. The van der Waals surface area contributed by atoms with Crippen LogP contribution in [0.5, 0.6) is 5.75 Å². The number of nitrogens with zero attached hydrogens (tertiary/aromatic N) is 3. The summed E-state index contributed by atoms with van der Waals surface area (Å²) < 4.78 is 11.2. The van der Waals surface area contributed by atoms with Crippen molar-refractivity contribution in [3.8, 4) is 5.75 Å². The molecule has 1 atom stereocenters. The van der Waals surface area contributed by atoms with Gasteiger partial charge in [0.05, 0.1) is 31.0 Å². The molecule has 1 unspecified atom stereocenters. The van der Waals surface area contributed by atoms with Crippen LogP contribution in [0, 0.1) is 0 Å². The number of rotatable bonds is 9. The summed E-state index contributed by atoms with van der Waals surface area (Å²) >= 11 is 0. The Hall–Kier alpha value is -4.59. The Kier molecular flexibility index (Phi) is 9.45. The van der Waals surface area contributed by atoms with Crippen LogP contribution in [-0.4, -0.2) is 67.0 Å². The Balaban J connectivity index is 1.31. The molecule has 0 aromatic heterocycles. The zero-order chi connectivity index (χ0) is 30.3. The average molecular weight is 582 g/mol. The molecule has 3 aromatic rings. The maximum Gasteiger partial charge on any atom is 0.336 e. The van der Waals surface area contributed by atoms with Crippen molar-refractivity contribution in [3.05, 3.63) is 107 Å². The number of hydrogen-bond donors (Lipinski definition) is 0. The molecule has 8 nitrogen and oxygen atoms in total. The van der Waals surface area contributed by atoms with Gasteiger partial charge in [-0.3, -0.25) is 9.59 Å². The summed E-state index contributed by atoms with van der Waals surface area (Å²) in [6.07, 6.45) is 0.171. The Labute approximate surface area is 253 Å². The smallest absolute Gasteiger partial charge is 0.336 e. The van der Waals surface area contributed by atoms with E-state index in [4.69, 9.17) is 9.47 Å². The second-order valence-corrected chi connectivity index (χ2v) is 10.7. The summed E-state index contributed by atoms with van der Waals surface area (Å²) in [6, 6.07) is 25.0. The Bertz CT molecular complexity index is 1490. The monoisotopic (exact) mass is 581 g/mol. The van der Waals surface area contributed by atoms with Gasteiger partial charge in [0.25, 0.3) is 5.91 Å². The molecule has 5 rings (SSSR count). The zero-order valence-electron chi connectivity index (χ0n) is 25.1. The van der Waals surface area contributed by atoms with Gasteiger partial charge in [-0.2, -0.15) is 0 Å². The predicted molar refractivity (Wildman–Crippen MR) is 166 cm³/mol.